The molecule has 152 valence electrons. The van der Waals surface area contributed by atoms with Crippen LogP contribution in [0, 0.1) is 5.92 Å². The molecule has 1 saturated heterocycles. The van der Waals surface area contributed by atoms with Crippen LogP contribution in [-0.4, -0.2) is 40.0 Å². The molecule has 1 N–H and O–H groups in total. The summed E-state index contributed by atoms with van der Waals surface area (Å²) in [6, 6.07) is 5.08. The Morgan fingerprint density at radius 1 is 1.43 bits per heavy atom. The van der Waals surface area contributed by atoms with Crippen molar-refractivity contribution in [2.45, 2.75) is 56.7 Å². The van der Waals surface area contributed by atoms with E-state index in [-0.39, 0.29) is 22.8 Å². The lowest BCUT2D eigenvalue weighted by Crippen LogP contribution is -2.34. The first-order chi connectivity index (χ1) is 13.3. The maximum atomic E-state index is 13.1. The number of hydrogen-bond donors (Lipinski definition) is 1. The molecule has 8 heteroatoms. The van der Waals surface area contributed by atoms with Gasteiger partial charge in [-0.05, 0) is 43.9 Å². The molecule has 2 heterocycles. The van der Waals surface area contributed by atoms with Gasteiger partial charge in [-0.3, -0.25) is 14.2 Å². The van der Waals surface area contributed by atoms with E-state index >= 15 is 0 Å². The molecule has 28 heavy (non-hydrogen) atoms. The molecule has 1 aromatic heterocycles. The molecule has 1 amide bonds. The van der Waals surface area contributed by atoms with Gasteiger partial charge in [0.1, 0.15) is 0 Å². The third-order valence-electron chi connectivity index (χ3n) is 4.63. The number of rotatable bonds is 7. The summed E-state index contributed by atoms with van der Waals surface area (Å²) in [6.07, 6.45) is 1.90. The van der Waals surface area contributed by atoms with Gasteiger partial charge in [0.15, 0.2) is 5.16 Å². The third-order valence-corrected chi connectivity index (χ3v) is 5.95. The predicted molar refractivity (Wildman–Crippen MR) is 113 cm³/mol. The standard InChI is InChI=1S/C20H26ClN3O3S/c1-12(2)10-22-18(25)13(3)28-20-23-17-9-14(21)6-7-16(17)19(26)24(20)11-15-5-4-8-27-15/h6-7,9,12-13,15H,4-5,8,10-11H2,1-3H3,(H,22,25)/t13-,15-/m1/s1. The van der Waals surface area contributed by atoms with Crippen molar-refractivity contribution in [2.75, 3.05) is 13.2 Å². The average Bonchev–Trinajstić information content (AvgIpc) is 3.15. The highest BCUT2D eigenvalue weighted by atomic mass is 35.5. The van der Waals surface area contributed by atoms with Crippen molar-refractivity contribution in [1.29, 1.82) is 0 Å². The van der Waals surface area contributed by atoms with Gasteiger partial charge in [0.25, 0.3) is 5.56 Å². The second kappa shape index (κ2) is 9.29. The largest absolute Gasteiger partial charge is 0.376 e. The quantitative estimate of drug-likeness (QED) is 0.545. The Hall–Kier alpha value is -1.57. The number of nitrogens with one attached hydrogen (secondary N) is 1. The van der Waals surface area contributed by atoms with Crippen molar-refractivity contribution in [3.8, 4) is 0 Å². The highest BCUT2D eigenvalue weighted by Crippen LogP contribution is 2.25. The van der Waals surface area contributed by atoms with E-state index in [4.69, 9.17) is 16.3 Å². The van der Waals surface area contributed by atoms with Crippen molar-refractivity contribution in [3.63, 3.8) is 0 Å². The minimum Gasteiger partial charge on any atom is -0.376 e. The number of fused-ring (bicyclic) bond motifs is 1. The molecule has 0 spiro atoms. The second-order valence-corrected chi connectivity index (χ2v) is 9.25. The zero-order valence-corrected chi connectivity index (χ0v) is 18.0. The van der Waals surface area contributed by atoms with Crippen LogP contribution in [0.25, 0.3) is 10.9 Å². The Bertz CT molecular complexity index is 909. The van der Waals surface area contributed by atoms with Crippen LogP contribution in [0.5, 0.6) is 0 Å². The number of hydrogen-bond acceptors (Lipinski definition) is 5. The van der Waals surface area contributed by atoms with Crippen molar-refractivity contribution >= 4 is 40.2 Å². The number of aromatic nitrogens is 2. The summed E-state index contributed by atoms with van der Waals surface area (Å²) in [5, 5.41) is 4.11. The van der Waals surface area contributed by atoms with E-state index in [2.05, 4.69) is 10.3 Å². The van der Waals surface area contributed by atoms with Gasteiger partial charge in [-0.2, -0.15) is 0 Å². The fourth-order valence-corrected chi connectivity index (χ4v) is 4.19. The molecular formula is C20H26ClN3O3S. The van der Waals surface area contributed by atoms with Gasteiger partial charge in [-0.1, -0.05) is 37.2 Å². The van der Waals surface area contributed by atoms with Crippen molar-refractivity contribution < 1.29 is 9.53 Å². The van der Waals surface area contributed by atoms with Crippen molar-refractivity contribution in [1.82, 2.24) is 14.9 Å². The van der Waals surface area contributed by atoms with Crippen molar-refractivity contribution in [2.24, 2.45) is 5.92 Å². The van der Waals surface area contributed by atoms with E-state index < -0.39 is 0 Å². The van der Waals surface area contributed by atoms with E-state index in [0.29, 0.717) is 46.7 Å². The molecule has 1 fully saturated rings. The lowest BCUT2D eigenvalue weighted by Gasteiger charge is -2.19. The van der Waals surface area contributed by atoms with Gasteiger partial charge in [0, 0.05) is 18.2 Å². The monoisotopic (exact) mass is 423 g/mol. The van der Waals surface area contributed by atoms with Crippen LogP contribution in [0.4, 0.5) is 0 Å². The Labute approximate surface area is 174 Å². The predicted octanol–water partition coefficient (Wildman–Crippen LogP) is 3.48. The molecule has 0 bridgehead atoms. The Morgan fingerprint density at radius 2 is 2.21 bits per heavy atom. The smallest absolute Gasteiger partial charge is 0.262 e. The molecule has 0 aliphatic carbocycles. The Balaban J connectivity index is 1.93. The second-order valence-electron chi connectivity index (χ2n) is 7.51. The maximum absolute atomic E-state index is 13.1. The minimum atomic E-state index is -0.377. The number of amides is 1. The first-order valence-electron chi connectivity index (χ1n) is 9.61. The van der Waals surface area contributed by atoms with Gasteiger partial charge in [-0.15, -0.1) is 0 Å². The maximum Gasteiger partial charge on any atom is 0.262 e. The van der Waals surface area contributed by atoms with Gasteiger partial charge < -0.3 is 10.1 Å². The fourth-order valence-electron chi connectivity index (χ4n) is 3.08. The molecule has 2 aromatic rings. The lowest BCUT2D eigenvalue weighted by atomic mass is 10.2. The van der Waals surface area contributed by atoms with Crippen LogP contribution in [-0.2, 0) is 16.1 Å². The summed E-state index contributed by atoms with van der Waals surface area (Å²) in [4.78, 5) is 30.2. The number of ether oxygens (including phenoxy) is 1. The summed E-state index contributed by atoms with van der Waals surface area (Å²) >= 11 is 7.38. The summed E-state index contributed by atoms with van der Waals surface area (Å²) in [6.45, 7) is 7.69. The van der Waals surface area contributed by atoms with E-state index in [1.165, 1.54) is 11.8 Å². The van der Waals surface area contributed by atoms with E-state index in [1.54, 1.807) is 22.8 Å². The number of carbonyl (C=O) groups excluding carboxylic acids is 1. The van der Waals surface area contributed by atoms with Gasteiger partial charge in [0.05, 0.1) is 28.8 Å². The number of nitrogens with zero attached hydrogens (tertiary/aromatic N) is 2. The SMILES string of the molecule is CC(C)CNC(=O)[C@@H](C)Sc1nc2cc(Cl)ccc2c(=O)n1C[C@H]1CCCO1. The molecule has 1 aliphatic heterocycles. The van der Waals surface area contributed by atoms with Crippen LogP contribution < -0.4 is 10.9 Å². The highest BCUT2D eigenvalue weighted by molar-refractivity contribution is 8.00. The van der Waals surface area contributed by atoms with Crippen LogP contribution in [0.15, 0.2) is 28.2 Å². The minimum absolute atomic E-state index is 0.00586. The van der Waals surface area contributed by atoms with E-state index in [0.717, 1.165) is 12.8 Å². The van der Waals surface area contributed by atoms with Gasteiger partial charge >= 0.3 is 0 Å². The summed E-state index contributed by atoms with van der Waals surface area (Å²) in [5.41, 5.74) is 0.410. The first kappa shape index (κ1) is 21.1. The number of benzene rings is 1. The molecule has 1 aromatic carbocycles. The third kappa shape index (κ3) is 5.07. The van der Waals surface area contributed by atoms with Crippen LogP contribution in [0.3, 0.4) is 0 Å². The molecule has 2 atom stereocenters. The Kier molecular flexibility index (Phi) is 7.01. The fraction of sp³-hybridized carbons (Fsp3) is 0.550. The molecule has 0 radical (unpaired) electrons. The van der Waals surface area contributed by atoms with Crippen molar-refractivity contribution in [3.05, 3.63) is 33.6 Å². The average molecular weight is 424 g/mol. The van der Waals surface area contributed by atoms with Crippen LogP contribution in [0.1, 0.15) is 33.6 Å². The van der Waals surface area contributed by atoms with Crippen LogP contribution >= 0.6 is 23.4 Å². The molecule has 3 rings (SSSR count). The Morgan fingerprint density at radius 3 is 2.89 bits per heavy atom. The van der Waals surface area contributed by atoms with E-state index in [1.807, 2.05) is 20.8 Å². The van der Waals surface area contributed by atoms with Crippen LogP contribution in [0.2, 0.25) is 5.02 Å². The topological polar surface area (TPSA) is 73.2 Å². The zero-order chi connectivity index (χ0) is 20.3. The van der Waals surface area contributed by atoms with E-state index in [9.17, 15) is 9.59 Å². The number of halogens is 1. The zero-order valence-electron chi connectivity index (χ0n) is 16.4. The molecule has 6 nitrogen and oxygen atoms in total. The molecule has 1 aliphatic rings. The van der Waals surface area contributed by atoms with Gasteiger partial charge in [-0.25, -0.2) is 4.98 Å². The highest BCUT2D eigenvalue weighted by Gasteiger charge is 2.23. The number of thioether (sulfide) groups is 1. The summed E-state index contributed by atoms with van der Waals surface area (Å²) < 4.78 is 7.36. The normalized spacial score (nSPS) is 18.0. The molecule has 0 unspecified atom stereocenters. The first-order valence-corrected chi connectivity index (χ1v) is 10.9. The molecule has 0 saturated carbocycles. The molecular weight excluding hydrogens is 398 g/mol. The summed E-state index contributed by atoms with van der Waals surface area (Å²) in [5.74, 6) is 0.308. The van der Waals surface area contributed by atoms with Gasteiger partial charge in [0.2, 0.25) is 5.91 Å². The number of carbonyl (C=O) groups is 1. The lowest BCUT2D eigenvalue weighted by molar-refractivity contribution is -0.120. The summed E-state index contributed by atoms with van der Waals surface area (Å²) in [7, 11) is 0.